The number of aromatic nitrogens is 3. The largest absolute Gasteiger partial charge is 0.494 e. The number of nitrogens with one attached hydrogen (secondary N) is 4. The third kappa shape index (κ3) is 5.43. The molecule has 0 unspecified atom stereocenters. The number of nitriles is 1. The quantitative estimate of drug-likeness (QED) is 0.183. The fraction of sp³-hybridized carbons (Fsp3) is 0.214. The van der Waals surface area contributed by atoms with Gasteiger partial charge in [-0.2, -0.15) is 5.26 Å². The van der Waals surface area contributed by atoms with Crippen molar-refractivity contribution < 1.29 is 9.53 Å². The molecule has 10 nitrogen and oxygen atoms in total. The zero-order chi connectivity index (χ0) is 27.2. The van der Waals surface area contributed by atoms with Crippen molar-refractivity contribution in [1.82, 2.24) is 19.9 Å². The topological polar surface area (TPSA) is 129 Å². The molecular formula is C28H30N8O2. The molecule has 4 N–H and O–H groups in total. The smallest absolute Gasteiger partial charge is 0.247 e. The van der Waals surface area contributed by atoms with Gasteiger partial charge in [-0.3, -0.25) is 4.79 Å². The van der Waals surface area contributed by atoms with Gasteiger partial charge in [0.2, 0.25) is 11.9 Å². The number of nitrogens with zero attached hydrogens (tertiary/aromatic N) is 4. The predicted octanol–water partition coefficient (Wildman–Crippen LogP) is 4.32. The van der Waals surface area contributed by atoms with Gasteiger partial charge in [0.25, 0.3) is 0 Å². The van der Waals surface area contributed by atoms with Gasteiger partial charge in [-0.05, 0) is 49.9 Å². The molecule has 2 heterocycles. The van der Waals surface area contributed by atoms with Crippen LogP contribution in [-0.4, -0.2) is 47.7 Å². The molecule has 0 saturated heterocycles. The number of ether oxygens (including phenoxy) is 1. The molecule has 0 bridgehead atoms. The van der Waals surface area contributed by atoms with Gasteiger partial charge >= 0.3 is 0 Å². The number of likely N-dealkylation sites (N-methyl/N-ethyl adjacent to an activating group) is 1. The Morgan fingerprint density at radius 2 is 2.03 bits per heavy atom. The molecule has 194 valence electrons. The van der Waals surface area contributed by atoms with Gasteiger partial charge in [0.05, 0.1) is 40.9 Å². The molecule has 2 aromatic carbocycles. The van der Waals surface area contributed by atoms with Crippen LogP contribution in [-0.2, 0) is 11.8 Å². The number of amides is 1. The molecule has 0 aliphatic rings. The number of hydrogen-bond acceptors (Lipinski definition) is 8. The highest BCUT2D eigenvalue weighted by atomic mass is 16.5. The number of fused-ring (bicyclic) bond motifs is 1. The zero-order valence-electron chi connectivity index (χ0n) is 21.8. The summed E-state index contributed by atoms with van der Waals surface area (Å²) >= 11 is 0. The van der Waals surface area contributed by atoms with Gasteiger partial charge in [0.1, 0.15) is 11.8 Å². The lowest BCUT2D eigenvalue weighted by Crippen LogP contribution is -2.19. The van der Waals surface area contributed by atoms with Crippen LogP contribution in [0.1, 0.15) is 11.1 Å². The molecule has 0 atom stereocenters. The number of benzene rings is 2. The molecule has 1 amide bonds. The Morgan fingerprint density at radius 3 is 2.74 bits per heavy atom. The molecule has 0 fully saturated rings. The number of rotatable bonds is 10. The van der Waals surface area contributed by atoms with Crippen molar-refractivity contribution in [3.05, 3.63) is 66.5 Å². The Bertz CT molecular complexity index is 1550. The lowest BCUT2D eigenvalue weighted by Gasteiger charge is -2.18. The van der Waals surface area contributed by atoms with E-state index >= 15 is 0 Å². The monoisotopic (exact) mass is 510 g/mol. The molecule has 0 aliphatic heterocycles. The van der Waals surface area contributed by atoms with Crippen molar-refractivity contribution in [1.29, 1.82) is 5.26 Å². The second-order valence-electron chi connectivity index (χ2n) is 8.67. The zero-order valence-corrected chi connectivity index (χ0v) is 21.8. The summed E-state index contributed by atoms with van der Waals surface area (Å²) in [6.07, 6.45) is 4.87. The molecule has 10 heteroatoms. The van der Waals surface area contributed by atoms with Gasteiger partial charge in [-0.15, -0.1) is 0 Å². The molecule has 4 aromatic rings. The Kier molecular flexibility index (Phi) is 7.89. The van der Waals surface area contributed by atoms with E-state index in [1.165, 1.54) is 6.08 Å². The standard InChI is InChI=1S/C28H30N8O2/c1-6-26(37)33-23-13-24(25(38-5)14-22(23)31-10-9-30-3)35-28-32-8-7-21(34-28)18-11-19(15-29)27-20(12-18)17(2)16-36(27)4/h6-8,11-14,16,30-31H,1,9-10H2,2-5H3,(H,33,37)(H,32,34,35). The highest BCUT2D eigenvalue weighted by Crippen LogP contribution is 2.37. The van der Waals surface area contributed by atoms with E-state index in [2.05, 4.69) is 38.9 Å². The second-order valence-corrected chi connectivity index (χ2v) is 8.67. The third-order valence-corrected chi connectivity index (χ3v) is 6.07. The van der Waals surface area contributed by atoms with Crippen LogP contribution in [0.4, 0.5) is 23.0 Å². The first-order chi connectivity index (χ1) is 18.4. The van der Waals surface area contributed by atoms with Crippen molar-refractivity contribution in [2.45, 2.75) is 6.92 Å². The van der Waals surface area contributed by atoms with Crippen LogP contribution in [0.25, 0.3) is 22.2 Å². The van der Waals surface area contributed by atoms with Crippen LogP contribution in [0.15, 0.2) is 55.4 Å². The number of aryl methyl sites for hydroxylation is 2. The molecule has 0 saturated carbocycles. The van der Waals surface area contributed by atoms with Gasteiger partial charge in [-0.1, -0.05) is 6.58 Å². The van der Waals surface area contributed by atoms with E-state index in [4.69, 9.17) is 9.72 Å². The fourth-order valence-corrected chi connectivity index (χ4v) is 4.27. The van der Waals surface area contributed by atoms with E-state index in [1.54, 1.807) is 31.5 Å². The molecular weight excluding hydrogens is 480 g/mol. The van der Waals surface area contributed by atoms with Crippen LogP contribution in [0.2, 0.25) is 0 Å². The van der Waals surface area contributed by atoms with Crippen molar-refractivity contribution in [3.8, 4) is 23.1 Å². The first kappa shape index (κ1) is 26.2. The van der Waals surface area contributed by atoms with Crippen LogP contribution in [0, 0.1) is 18.3 Å². The summed E-state index contributed by atoms with van der Waals surface area (Å²) in [7, 11) is 5.37. The number of methoxy groups -OCH3 is 1. The van der Waals surface area contributed by atoms with Crippen LogP contribution < -0.4 is 26.0 Å². The van der Waals surface area contributed by atoms with Gasteiger partial charge in [0, 0.05) is 49.5 Å². The van der Waals surface area contributed by atoms with Crippen LogP contribution in [0.5, 0.6) is 5.75 Å². The second kappa shape index (κ2) is 11.5. The average molecular weight is 511 g/mol. The lowest BCUT2D eigenvalue weighted by molar-refractivity contribution is -0.111. The van der Waals surface area contributed by atoms with Crippen LogP contribution in [0.3, 0.4) is 0 Å². The first-order valence-corrected chi connectivity index (χ1v) is 12.0. The van der Waals surface area contributed by atoms with E-state index < -0.39 is 0 Å². The maximum absolute atomic E-state index is 12.1. The minimum absolute atomic E-state index is 0.334. The van der Waals surface area contributed by atoms with Crippen molar-refractivity contribution >= 4 is 39.8 Å². The van der Waals surface area contributed by atoms with E-state index in [1.807, 2.05) is 43.9 Å². The van der Waals surface area contributed by atoms with Gasteiger partial charge in [0.15, 0.2) is 0 Å². The summed E-state index contributed by atoms with van der Waals surface area (Å²) in [5.74, 6) is 0.535. The van der Waals surface area contributed by atoms with E-state index in [-0.39, 0.29) is 5.91 Å². The van der Waals surface area contributed by atoms with E-state index in [0.717, 1.165) is 28.6 Å². The normalized spacial score (nSPS) is 10.6. The number of hydrogen-bond donors (Lipinski definition) is 4. The molecule has 38 heavy (non-hydrogen) atoms. The number of anilines is 4. The van der Waals surface area contributed by atoms with E-state index in [0.29, 0.717) is 46.6 Å². The van der Waals surface area contributed by atoms with Crippen molar-refractivity contribution in [2.24, 2.45) is 7.05 Å². The Balaban J connectivity index is 1.72. The summed E-state index contributed by atoms with van der Waals surface area (Å²) in [6.45, 7) is 6.94. The molecule has 0 spiro atoms. The molecule has 0 radical (unpaired) electrons. The molecule has 2 aromatic heterocycles. The summed E-state index contributed by atoms with van der Waals surface area (Å²) < 4.78 is 7.58. The maximum Gasteiger partial charge on any atom is 0.247 e. The van der Waals surface area contributed by atoms with Gasteiger partial charge in [-0.25, -0.2) is 9.97 Å². The minimum Gasteiger partial charge on any atom is -0.494 e. The fourth-order valence-electron chi connectivity index (χ4n) is 4.27. The Morgan fingerprint density at radius 1 is 1.21 bits per heavy atom. The highest BCUT2D eigenvalue weighted by molar-refractivity contribution is 6.02. The maximum atomic E-state index is 12.1. The number of carbonyl (C=O) groups is 1. The average Bonchev–Trinajstić information content (AvgIpc) is 3.22. The SMILES string of the molecule is C=CC(=O)Nc1cc(Nc2nccc(-c3cc(C#N)c4c(c3)c(C)cn4C)n2)c(OC)cc1NCCNC. The molecule has 0 aliphatic carbocycles. The first-order valence-electron chi connectivity index (χ1n) is 12.0. The predicted molar refractivity (Wildman–Crippen MR) is 151 cm³/mol. The van der Waals surface area contributed by atoms with Crippen molar-refractivity contribution in [2.75, 3.05) is 43.2 Å². The minimum atomic E-state index is -0.337. The summed E-state index contributed by atoms with van der Waals surface area (Å²) in [4.78, 5) is 21.2. The molecule has 4 rings (SSSR count). The highest BCUT2D eigenvalue weighted by Gasteiger charge is 2.15. The van der Waals surface area contributed by atoms with Crippen LogP contribution >= 0.6 is 0 Å². The summed E-state index contributed by atoms with van der Waals surface area (Å²) in [5.41, 5.74) is 5.83. The third-order valence-electron chi connectivity index (χ3n) is 6.07. The van der Waals surface area contributed by atoms with Crippen molar-refractivity contribution in [3.63, 3.8) is 0 Å². The summed E-state index contributed by atoms with van der Waals surface area (Å²) in [5, 5.41) is 23.2. The summed E-state index contributed by atoms with van der Waals surface area (Å²) in [6, 6.07) is 11.5. The number of carbonyl (C=O) groups excluding carboxylic acids is 1. The Labute approximate surface area is 221 Å². The van der Waals surface area contributed by atoms with E-state index in [9.17, 15) is 10.1 Å². The lowest BCUT2D eigenvalue weighted by atomic mass is 10.0. The Hall–Kier alpha value is -4.88. The van der Waals surface area contributed by atoms with Gasteiger partial charge < -0.3 is 30.6 Å².